The van der Waals surface area contributed by atoms with E-state index in [1.54, 1.807) is 4.31 Å². The van der Waals surface area contributed by atoms with Crippen molar-refractivity contribution in [1.29, 1.82) is 0 Å². The molecule has 0 spiro atoms. The number of hydrogen-bond acceptors (Lipinski definition) is 4. The highest BCUT2D eigenvalue weighted by atomic mass is 32.2. The third-order valence-corrected chi connectivity index (χ3v) is 9.97. The first-order chi connectivity index (χ1) is 13.1. The fourth-order valence-corrected chi connectivity index (χ4v) is 8.21. The summed E-state index contributed by atoms with van der Waals surface area (Å²) in [6.45, 7) is 10.8. The van der Waals surface area contributed by atoms with E-state index < -0.39 is 15.4 Å². The van der Waals surface area contributed by atoms with Crippen molar-refractivity contribution < 1.29 is 13.2 Å². The summed E-state index contributed by atoms with van der Waals surface area (Å²) in [5, 5.41) is 0. The SMILES string of the molecule is Cc1cccc(C)c1N1CCN(S(=O)(=O)C[C@]23CC[C@H](CC2=O)C3(C)C)CC1. The summed E-state index contributed by atoms with van der Waals surface area (Å²) in [4.78, 5) is 15.1. The van der Waals surface area contributed by atoms with Gasteiger partial charge in [0.15, 0.2) is 0 Å². The molecule has 1 aromatic carbocycles. The third kappa shape index (κ3) is 2.83. The minimum absolute atomic E-state index is 0.00821. The Labute approximate surface area is 169 Å². The summed E-state index contributed by atoms with van der Waals surface area (Å²) in [7, 11) is -3.45. The van der Waals surface area contributed by atoms with Crippen LogP contribution in [0.15, 0.2) is 18.2 Å². The van der Waals surface area contributed by atoms with Crippen molar-refractivity contribution in [3.8, 4) is 0 Å². The minimum Gasteiger partial charge on any atom is -0.368 e. The standard InChI is InChI=1S/C22H32N2O3S/c1-16-6-5-7-17(2)20(16)23-10-12-24(13-11-23)28(26,27)15-22-9-8-18(14-19(22)25)21(22,3)4/h5-7,18H,8-15H2,1-4H3/t18-,22-/m1/s1. The van der Waals surface area contributed by atoms with Gasteiger partial charge in [0.25, 0.3) is 0 Å². The van der Waals surface area contributed by atoms with Crippen LogP contribution in [-0.4, -0.2) is 50.4 Å². The zero-order valence-electron chi connectivity index (χ0n) is 17.5. The first-order valence-corrected chi connectivity index (χ1v) is 12.0. The summed E-state index contributed by atoms with van der Waals surface area (Å²) in [5.41, 5.74) is 2.79. The Hall–Kier alpha value is -1.40. The number of hydrogen-bond donors (Lipinski definition) is 0. The van der Waals surface area contributed by atoms with Crippen LogP contribution in [0.1, 0.15) is 44.2 Å². The van der Waals surface area contributed by atoms with E-state index in [1.807, 2.05) is 0 Å². The molecule has 2 saturated carbocycles. The van der Waals surface area contributed by atoms with Crippen molar-refractivity contribution in [2.24, 2.45) is 16.7 Å². The topological polar surface area (TPSA) is 57.7 Å². The maximum absolute atomic E-state index is 13.3. The largest absolute Gasteiger partial charge is 0.368 e. The molecule has 1 aliphatic heterocycles. The number of carbonyl (C=O) groups is 1. The van der Waals surface area contributed by atoms with Gasteiger partial charge in [-0.2, -0.15) is 4.31 Å². The predicted octanol–water partition coefficient (Wildman–Crippen LogP) is 3.15. The number of carbonyl (C=O) groups excluding carboxylic acids is 1. The van der Waals surface area contributed by atoms with Gasteiger partial charge in [0.2, 0.25) is 10.0 Å². The van der Waals surface area contributed by atoms with Gasteiger partial charge in [0, 0.05) is 43.7 Å². The maximum atomic E-state index is 13.3. The van der Waals surface area contributed by atoms with Gasteiger partial charge in [-0.1, -0.05) is 32.0 Å². The van der Waals surface area contributed by atoms with E-state index in [0.29, 0.717) is 38.5 Å². The van der Waals surface area contributed by atoms with E-state index in [-0.39, 0.29) is 17.0 Å². The second kappa shape index (κ2) is 6.56. The number of para-hydroxylation sites is 1. The normalized spacial score (nSPS) is 30.2. The molecule has 0 radical (unpaired) electrons. The Morgan fingerprint density at radius 1 is 1.07 bits per heavy atom. The Morgan fingerprint density at radius 2 is 1.68 bits per heavy atom. The van der Waals surface area contributed by atoms with Crippen LogP contribution < -0.4 is 4.90 Å². The van der Waals surface area contributed by atoms with Gasteiger partial charge in [-0.25, -0.2) is 8.42 Å². The van der Waals surface area contributed by atoms with Crippen LogP contribution >= 0.6 is 0 Å². The monoisotopic (exact) mass is 404 g/mol. The molecule has 0 N–H and O–H groups in total. The zero-order valence-corrected chi connectivity index (χ0v) is 18.3. The lowest BCUT2D eigenvalue weighted by atomic mass is 9.70. The molecule has 3 fully saturated rings. The number of nitrogens with zero attached hydrogens (tertiary/aromatic N) is 2. The van der Waals surface area contributed by atoms with Crippen molar-refractivity contribution in [3.63, 3.8) is 0 Å². The molecule has 0 aromatic heterocycles. The van der Waals surface area contributed by atoms with Crippen LogP contribution in [0.3, 0.4) is 0 Å². The van der Waals surface area contributed by atoms with Gasteiger partial charge >= 0.3 is 0 Å². The van der Waals surface area contributed by atoms with Gasteiger partial charge in [-0.15, -0.1) is 0 Å². The second-order valence-electron chi connectivity index (χ2n) is 9.55. The molecular weight excluding hydrogens is 372 g/mol. The molecule has 6 heteroatoms. The van der Waals surface area contributed by atoms with E-state index >= 15 is 0 Å². The third-order valence-electron chi connectivity index (χ3n) is 7.96. The Morgan fingerprint density at radius 3 is 2.18 bits per heavy atom. The maximum Gasteiger partial charge on any atom is 0.215 e. The van der Waals surface area contributed by atoms with Crippen LogP contribution in [0, 0.1) is 30.6 Å². The van der Waals surface area contributed by atoms with Crippen molar-refractivity contribution in [2.75, 3.05) is 36.8 Å². The van der Waals surface area contributed by atoms with E-state index in [1.165, 1.54) is 16.8 Å². The number of Topliss-reactive ketones (excluding diaryl/α,β-unsaturated/α-hetero) is 1. The highest BCUT2D eigenvalue weighted by Gasteiger charge is 2.65. The van der Waals surface area contributed by atoms with Crippen molar-refractivity contribution >= 4 is 21.5 Å². The smallest absolute Gasteiger partial charge is 0.215 e. The average Bonchev–Trinajstić information content (AvgIpc) is 2.96. The van der Waals surface area contributed by atoms with Crippen molar-refractivity contribution in [2.45, 2.75) is 47.0 Å². The number of benzene rings is 1. The fourth-order valence-electron chi connectivity index (χ4n) is 6.01. The van der Waals surface area contributed by atoms with Crippen molar-refractivity contribution in [3.05, 3.63) is 29.3 Å². The second-order valence-corrected chi connectivity index (χ2v) is 11.5. The molecule has 2 aliphatic carbocycles. The number of fused-ring (bicyclic) bond motifs is 2. The zero-order chi connectivity index (χ0) is 20.3. The Bertz CT molecular complexity index is 880. The Kier molecular flexibility index (Phi) is 4.66. The van der Waals surface area contributed by atoms with Crippen LogP contribution in [0.25, 0.3) is 0 Å². The quantitative estimate of drug-likeness (QED) is 0.774. The average molecular weight is 405 g/mol. The molecular formula is C22H32N2O3S. The lowest BCUT2D eigenvalue weighted by Gasteiger charge is -2.40. The number of aryl methyl sites for hydroxylation is 2. The lowest BCUT2D eigenvalue weighted by Crippen LogP contribution is -2.53. The molecule has 5 nitrogen and oxygen atoms in total. The molecule has 0 amide bonds. The summed E-state index contributed by atoms with van der Waals surface area (Å²) in [6.07, 6.45) is 2.27. The highest BCUT2D eigenvalue weighted by molar-refractivity contribution is 7.89. The van der Waals surface area contributed by atoms with Gasteiger partial charge in [0.05, 0.1) is 5.75 Å². The van der Waals surface area contributed by atoms with Crippen LogP contribution in [0.5, 0.6) is 0 Å². The molecule has 3 aliphatic rings. The molecule has 0 unspecified atom stereocenters. The first-order valence-electron chi connectivity index (χ1n) is 10.4. The molecule has 4 rings (SSSR count). The summed E-state index contributed by atoms with van der Waals surface area (Å²) < 4.78 is 28.2. The van der Waals surface area contributed by atoms with Crippen LogP contribution in [0.4, 0.5) is 5.69 Å². The molecule has 1 heterocycles. The number of rotatable bonds is 4. The molecule has 154 valence electrons. The van der Waals surface area contributed by atoms with Gasteiger partial charge in [0.1, 0.15) is 5.78 Å². The fraction of sp³-hybridized carbons (Fsp3) is 0.682. The number of piperazine rings is 1. The number of sulfonamides is 1. The van der Waals surface area contributed by atoms with E-state index in [0.717, 1.165) is 12.8 Å². The minimum atomic E-state index is -3.45. The molecule has 2 atom stereocenters. The highest BCUT2D eigenvalue weighted by Crippen LogP contribution is 2.64. The first kappa shape index (κ1) is 19.9. The molecule has 1 saturated heterocycles. The van der Waals surface area contributed by atoms with E-state index in [2.05, 4.69) is 50.8 Å². The molecule has 1 aromatic rings. The van der Waals surface area contributed by atoms with Gasteiger partial charge < -0.3 is 4.90 Å². The predicted molar refractivity (Wildman–Crippen MR) is 112 cm³/mol. The lowest BCUT2D eigenvalue weighted by molar-refractivity contribution is -0.128. The molecule has 28 heavy (non-hydrogen) atoms. The van der Waals surface area contributed by atoms with Crippen LogP contribution in [0.2, 0.25) is 0 Å². The summed E-state index contributed by atoms with van der Waals surface area (Å²) >= 11 is 0. The number of anilines is 1. The van der Waals surface area contributed by atoms with Crippen LogP contribution in [-0.2, 0) is 14.8 Å². The Balaban J connectivity index is 1.50. The van der Waals surface area contributed by atoms with Crippen molar-refractivity contribution in [1.82, 2.24) is 4.31 Å². The summed E-state index contributed by atoms with van der Waals surface area (Å²) in [6, 6.07) is 6.27. The van der Waals surface area contributed by atoms with E-state index in [9.17, 15) is 13.2 Å². The number of ketones is 1. The van der Waals surface area contributed by atoms with E-state index in [4.69, 9.17) is 0 Å². The van der Waals surface area contributed by atoms with Gasteiger partial charge in [-0.05, 0) is 49.1 Å². The molecule has 2 bridgehead atoms. The summed E-state index contributed by atoms with van der Waals surface area (Å²) in [5.74, 6) is 0.508. The van der Waals surface area contributed by atoms with Gasteiger partial charge in [-0.3, -0.25) is 4.79 Å².